The van der Waals surface area contributed by atoms with E-state index in [1.807, 2.05) is 45.0 Å². The first-order valence-electron chi connectivity index (χ1n) is 6.27. The van der Waals surface area contributed by atoms with Gasteiger partial charge in [-0.15, -0.1) is 0 Å². The minimum atomic E-state index is -0.682. The van der Waals surface area contributed by atoms with Crippen molar-refractivity contribution in [2.75, 3.05) is 7.11 Å². The maximum absolute atomic E-state index is 11.7. The number of hydrogen-bond acceptors (Lipinski definition) is 3. The van der Waals surface area contributed by atoms with E-state index in [1.54, 1.807) is 0 Å². The summed E-state index contributed by atoms with van der Waals surface area (Å²) in [5.74, 6) is -0.825. The van der Waals surface area contributed by atoms with E-state index in [0.29, 0.717) is 6.42 Å². The van der Waals surface area contributed by atoms with Crippen molar-refractivity contribution in [1.82, 2.24) is 0 Å². The van der Waals surface area contributed by atoms with Crippen molar-refractivity contribution in [2.45, 2.75) is 33.3 Å². The van der Waals surface area contributed by atoms with Gasteiger partial charge in [0.05, 0.1) is 19.1 Å². The smallest absolute Gasteiger partial charge is 0.311 e. The van der Waals surface area contributed by atoms with Crippen molar-refractivity contribution in [3.05, 3.63) is 35.4 Å². The lowest BCUT2D eigenvalue weighted by Gasteiger charge is -2.23. The van der Waals surface area contributed by atoms with Gasteiger partial charge in [-0.3, -0.25) is 4.79 Å². The number of aliphatic hydroxyl groups is 1. The summed E-state index contributed by atoms with van der Waals surface area (Å²) in [6.45, 7) is 5.82. The summed E-state index contributed by atoms with van der Waals surface area (Å²) < 4.78 is 4.78. The van der Waals surface area contributed by atoms with Gasteiger partial charge in [0.25, 0.3) is 0 Å². The fourth-order valence-electron chi connectivity index (χ4n) is 1.94. The largest absolute Gasteiger partial charge is 0.469 e. The maximum Gasteiger partial charge on any atom is 0.311 e. The van der Waals surface area contributed by atoms with E-state index in [2.05, 4.69) is 0 Å². The molecule has 0 saturated carbocycles. The van der Waals surface area contributed by atoms with Gasteiger partial charge in [0.15, 0.2) is 0 Å². The van der Waals surface area contributed by atoms with E-state index < -0.39 is 12.0 Å². The van der Waals surface area contributed by atoms with Crippen LogP contribution in [0.4, 0.5) is 0 Å². The van der Waals surface area contributed by atoms with Crippen LogP contribution in [0.25, 0.3) is 0 Å². The molecule has 0 radical (unpaired) electrons. The average molecular weight is 250 g/mol. The molecule has 1 rings (SSSR count). The predicted molar refractivity (Wildman–Crippen MR) is 71.2 cm³/mol. The summed E-state index contributed by atoms with van der Waals surface area (Å²) in [6.07, 6.45) is -0.175. The number of carbonyl (C=O) groups is 1. The maximum atomic E-state index is 11.7. The number of ether oxygens (including phenoxy) is 1. The van der Waals surface area contributed by atoms with E-state index in [0.717, 1.165) is 5.56 Å². The van der Waals surface area contributed by atoms with Gasteiger partial charge in [0.1, 0.15) is 0 Å². The van der Waals surface area contributed by atoms with Crippen molar-refractivity contribution >= 4 is 5.97 Å². The Hall–Kier alpha value is -1.35. The summed E-state index contributed by atoms with van der Waals surface area (Å²) in [7, 11) is 1.36. The lowest BCUT2D eigenvalue weighted by atomic mass is 9.88. The summed E-state index contributed by atoms with van der Waals surface area (Å²) in [5.41, 5.74) is 2.22. The first kappa shape index (κ1) is 14.7. The van der Waals surface area contributed by atoms with Crippen LogP contribution in [-0.2, 0) is 16.0 Å². The van der Waals surface area contributed by atoms with Crippen LogP contribution in [0.3, 0.4) is 0 Å². The second-order valence-corrected chi connectivity index (χ2v) is 5.05. The average Bonchev–Trinajstić information content (AvgIpc) is 2.36. The van der Waals surface area contributed by atoms with Crippen LogP contribution < -0.4 is 0 Å². The fraction of sp³-hybridized carbons (Fsp3) is 0.533. The van der Waals surface area contributed by atoms with E-state index in [-0.39, 0.29) is 11.9 Å². The van der Waals surface area contributed by atoms with E-state index >= 15 is 0 Å². The number of aliphatic hydroxyl groups excluding tert-OH is 1. The Morgan fingerprint density at radius 1 is 1.28 bits per heavy atom. The Bertz CT molecular complexity index is 381. The van der Waals surface area contributed by atoms with Gasteiger partial charge in [0, 0.05) is 0 Å². The van der Waals surface area contributed by atoms with Gasteiger partial charge in [-0.1, -0.05) is 43.7 Å². The third-order valence-corrected chi connectivity index (χ3v) is 3.18. The second kappa shape index (κ2) is 6.55. The summed E-state index contributed by atoms with van der Waals surface area (Å²) in [5, 5.41) is 10.1. The highest BCUT2D eigenvalue weighted by atomic mass is 16.5. The Morgan fingerprint density at radius 2 is 1.83 bits per heavy atom. The molecule has 0 aliphatic heterocycles. The highest BCUT2D eigenvalue weighted by molar-refractivity contribution is 5.73. The van der Waals surface area contributed by atoms with Crippen LogP contribution in [0.15, 0.2) is 24.3 Å². The molecule has 0 fully saturated rings. The molecule has 0 saturated heterocycles. The Kier molecular flexibility index (Phi) is 5.35. The molecule has 0 bridgehead atoms. The predicted octanol–water partition coefficient (Wildman–Crippen LogP) is 2.34. The number of rotatable bonds is 5. The first-order chi connectivity index (χ1) is 8.45. The number of hydrogen-bond donors (Lipinski definition) is 1. The standard InChI is InChI=1S/C15H22O3/c1-10(2)14(16)13(15(17)18-4)9-12-7-5-11(3)6-8-12/h5-8,10,13-14,16H,9H2,1-4H3/t13-,14-/m1/s1. The van der Waals surface area contributed by atoms with Gasteiger partial charge >= 0.3 is 5.97 Å². The van der Waals surface area contributed by atoms with Crippen molar-refractivity contribution in [1.29, 1.82) is 0 Å². The Morgan fingerprint density at radius 3 is 2.28 bits per heavy atom. The van der Waals surface area contributed by atoms with E-state index in [1.165, 1.54) is 12.7 Å². The highest BCUT2D eigenvalue weighted by Gasteiger charge is 2.29. The molecule has 3 nitrogen and oxygen atoms in total. The molecule has 0 unspecified atom stereocenters. The minimum absolute atomic E-state index is 0.0274. The normalized spacial score (nSPS) is 14.3. The van der Waals surface area contributed by atoms with Gasteiger partial charge in [-0.2, -0.15) is 0 Å². The van der Waals surface area contributed by atoms with Crippen molar-refractivity contribution in [3.63, 3.8) is 0 Å². The quantitative estimate of drug-likeness (QED) is 0.816. The molecule has 0 aliphatic rings. The van der Waals surface area contributed by atoms with Gasteiger partial charge < -0.3 is 9.84 Å². The molecule has 0 aliphatic carbocycles. The van der Waals surface area contributed by atoms with Crippen LogP contribution in [0.2, 0.25) is 0 Å². The minimum Gasteiger partial charge on any atom is -0.469 e. The molecule has 0 spiro atoms. The Labute approximate surface area is 109 Å². The van der Waals surface area contributed by atoms with Crippen molar-refractivity contribution in [2.24, 2.45) is 11.8 Å². The molecule has 0 amide bonds. The molecule has 0 aromatic heterocycles. The number of carbonyl (C=O) groups excluding carboxylic acids is 1. The molecule has 3 heteroatoms. The molecule has 1 N–H and O–H groups in total. The van der Waals surface area contributed by atoms with E-state index in [4.69, 9.17) is 4.74 Å². The highest BCUT2D eigenvalue weighted by Crippen LogP contribution is 2.20. The zero-order valence-corrected chi connectivity index (χ0v) is 11.5. The van der Waals surface area contributed by atoms with Crippen molar-refractivity contribution < 1.29 is 14.6 Å². The third-order valence-electron chi connectivity index (χ3n) is 3.18. The molecule has 1 aromatic rings. The number of benzene rings is 1. The van der Waals surface area contributed by atoms with Crippen molar-refractivity contribution in [3.8, 4) is 0 Å². The summed E-state index contributed by atoms with van der Waals surface area (Å²) >= 11 is 0. The SMILES string of the molecule is COC(=O)[C@H](Cc1ccc(C)cc1)[C@H](O)C(C)C. The lowest BCUT2D eigenvalue weighted by molar-refractivity contribution is -0.150. The first-order valence-corrected chi connectivity index (χ1v) is 6.27. The third kappa shape index (κ3) is 3.84. The van der Waals surface area contributed by atoms with Gasteiger partial charge in [0.2, 0.25) is 0 Å². The lowest BCUT2D eigenvalue weighted by Crippen LogP contribution is -2.34. The summed E-state index contributed by atoms with van der Waals surface area (Å²) in [4.78, 5) is 11.7. The molecule has 18 heavy (non-hydrogen) atoms. The molecule has 2 atom stereocenters. The number of esters is 1. The number of aryl methyl sites for hydroxylation is 1. The Balaban J connectivity index is 2.84. The van der Waals surface area contributed by atoms with Crippen LogP contribution in [0.1, 0.15) is 25.0 Å². The zero-order valence-electron chi connectivity index (χ0n) is 11.5. The molecular formula is C15H22O3. The molecular weight excluding hydrogens is 228 g/mol. The second-order valence-electron chi connectivity index (χ2n) is 5.05. The topological polar surface area (TPSA) is 46.5 Å². The van der Waals surface area contributed by atoms with Gasteiger partial charge in [-0.25, -0.2) is 0 Å². The molecule has 1 aromatic carbocycles. The van der Waals surface area contributed by atoms with Crippen LogP contribution >= 0.6 is 0 Å². The van der Waals surface area contributed by atoms with E-state index in [9.17, 15) is 9.90 Å². The van der Waals surface area contributed by atoms with Crippen LogP contribution in [0.5, 0.6) is 0 Å². The number of methoxy groups -OCH3 is 1. The molecule has 100 valence electrons. The van der Waals surface area contributed by atoms with Crippen LogP contribution in [0, 0.1) is 18.8 Å². The van der Waals surface area contributed by atoms with Gasteiger partial charge in [-0.05, 0) is 24.8 Å². The molecule has 0 heterocycles. The zero-order chi connectivity index (χ0) is 13.7. The van der Waals surface area contributed by atoms with Crippen LogP contribution in [-0.4, -0.2) is 24.3 Å². The fourth-order valence-corrected chi connectivity index (χ4v) is 1.94. The summed E-state index contributed by atoms with van der Waals surface area (Å²) in [6, 6.07) is 7.98. The monoisotopic (exact) mass is 250 g/mol.